The van der Waals surface area contributed by atoms with Crippen molar-refractivity contribution in [3.05, 3.63) is 29.8 Å². The molecule has 1 aliphatic rings. The molecule has 3 nitrogen and oxygen atoms in total. The Bertz CT molecular complexity index is 401. The summed E-state index contributed by atoms with van der Waals surface area (Å²) in [5.74, 6) is 0.873. The number of ether oxygens (including phenoxy) is 2. The Kier molecular flexibility index (Phi) is 3.93. The summed E-state index contributed by atoms with van der Waals surface area (Å²) in [6.45, 7) is 6.85. The molecule has 1 aromatic carbocycles. The molecule has 1 heterocycles. The minimum Gasteiger partial charge on any atom is -0.491 e. The van der Waals surface area contributed by atoms with Crippen LogP contribution in [0, 0.1) is 0 Å². The standard InChI is InChI=1S/C15H23NO2/c1-11(16)12-5-4-6-13(9-12)17-10-14-7-8-15(2,3)18-14/h4-6,9,11,14H,7-8,10,16H2,1-3H3/t11-,14?/m1/s1. The van der Waals surface area contributed by atoms with Crippen molar-refractivity contribution >= 4 is 0 Å². The van der Waals surface area contributed by atoms with Crippen LogP contribution in [0.15, 0.2) is 24.3 Å². The van der Waals surface area contributed by atoms with Gasteiger partial charge in [0.15, 0.2) is 0 Å². The van der Waals surface area contributed by atoms with Gasteiger partial charge in [0.2, 0.25) is 0 Å². The van der Waals surface area contributed by atoms with E-state index in [1.807, 2.05) is 31.2 Å². The maximum atomic E-state index is 5.90. The molecule has 0 spiro atoms. The highest BCUT2D eigenvalue weighted by Crippen LogP contribution is 2.29. The van der Waals surface area contributed by atoms with Crippen molar-refractivity contribution in [2.45, 2.75) is 51.4 Å². The Hall–Kier alpha value is -1.06. The molecule has 3 heteroatoms. The average Bonchev–Trinajstić information content (AvgIpc) is 2.67. The van der Waals surface area contributed by atoms with Crippen molar-refractivity contribution in [1.29, 1.82) is 0 Å². The molecule has 0 aliphatic carbocycles. The molecular weight excluding hydrogens is 226 g/mol. The molecule has 100 valence electrons. The molecule has 0 bridgehead atoms. The van der Waals surface area contributed by atoms with E-state index in [9.17, 15) is 0 Å². The summed E-state index contributed by atoms with van der Waals surface area (Å²) >= 11 is 0. The zero-order valence-electron chi connectivity index (χ0n) is 11.5. The lowest BCUT2D eigenvalue weighted by atomic mass is 10.1. The molecule has 0 radical (unpaired) electrons. The highest BCUT2D eigenvalue weighted by molar-refractivity contribution is 5.30. The summed E-state index contributed by atoms with van der Waals surface area (Å²) in [6.07, 6.45) is 2.37. The number of nitrogens with two attached hydrogens (primary N) is 1. The molecular formula is C15H23NO2. The van der Waals surface area contributed by atoms with Crippen LogP contribution in [0.1, 0.15) is 45.2 Å². The van der Waals surface area contributed by atoms with Gasteiger partial charge < -0.3 is 15.2 Å². The van der Waals surface area contributed by atoms with Crippen molar-refractivity contribution in [3.8, 4) is 5.75 Å². The first kappa shape index (κ1) is 13.4. The maximum Gasteiger partial charge on any atom is 0.119 e. The molecule has 1 aliphatic heterocycles. The predicted molar refractivity (Wildman–Crippen MR) is 72.7 cm³/mol. The van der Waals surface area contributed by atoms with Gasteiger partial charge in [-0.2, -0.15) is 0 Å². The number of benzene rings is 1. The molecule has 0 aromatic heterocycles. The van der Waals surface area contributed by atoms with Crippen LogP contribution in [0.5, 0.6) is 5.75 Å². The molecule has 0 saturated carbocycles. The van der Waals surface area contributed by atoms with E-state index >= 15 is 0 Å². The highest BCUT2D eigenvalue weighted by atomic mass is 16.6. The fourth-order valence-corrected chi connectivity index (χ4v) is 2.27. The first-order chi connectivity index (χ1) is 8.46. The van der Waals surface area contributed by atoms with Gasteiger partial charge >= 0.3 is 0 Å². The Balaban J connectivity index is 1.89. The van der Waals surface area contributed by atoms with E-state index in [-0.39, 0.29) is 17.7 Å². The second kappa shape index (κ2) is 5.29. The van der Waals surface area contributed by atoms with Crippen molar-refractivity contribution in [1.82, 2.24) is 0 Å². The fraction of sp³-hybridized carbons (Fsp3) is 0.600. The summed E-state index contributed by atoms with van der Waals surface area (Å²) < 4.78 is 11.7. The average molecular weight is 249 g/mol. The summed E-state index contributed by atoms with van der Waals surface area (Å²) in [5.41, 5.74) is 6.96. The van der Waals surface area contributed by atoms with Crippen molar-refractivity contribution < 1.29 is 9.47 Å². The van der Waals surface area contributed by atoms with Crippen LogP contribution in [0.4, 0.5) is 0 Å². The number of hydrogen-bond acceptors (Lipinski definition) is 3. The van der Waals surface area contributed by atoms with Gasteiger partial charge in [0, 0.05) is 6.04 Å². The molecule has 1 saturated heterocycles. The Morgan fingerprint density at radius 1 is 1.50 bits per heavy atom. The van der Waals surface area contributed by atoms with Gasteiger partial charge in [-0.3, -0.25) is 0 Å². The minimum atomic E-state index is 0.00163. The molecule has 18 heavy (non-hydrogen) atoms. The second-order valence-corrected chi connectivity index (χ2v) is 5.71. The van der Waals surface area contributed by atoms with E-state index < -0.39 is 0 Å². The normalized spacial score (nSPS) is 23.9. The lowest BCUT2D eigenvalue weighted by molar-refractivity contribution is -0.0326. The number of rotatable bonds is 4. The molecule has 0 amide bonds. The zero-order chi connectivity index (χ0) is 13.2. The minimum absolute atomic E-state index is 0.00163. The van der Waals surface area contributed by atoms with E-state index in [0.29, 0.717) is 6.61 Å². The summed E-state index contributed by atoms with van der Waals surface area (Å²) in [6, 6.07) is 8.01. The molecule has 1 fully saturated rings. The lowest BCUT2D eigenvalue weighted by Crippen LogP contribution is -2.23. The largest absolute Gasteiger partial charge is 0.491 e. The third kappa shape index (κ3) is 3.47. The molecule has 2 N–H and O–H groups in total. The van der Waals surface area contributed by atoms with Crippen molar-refractivity contribution in [3.63, 3.8) is 0 Å². The second-order valence-electron chi connectivity index (χ2n) is 5.71. The van der Waals surface area contributed by atoms with Gasteiger partial charge in [-0.15, -0.1) is 0 Å². The van der Waals surface area contributed by atoms with Gasteiger partial charge in [0.05, 0.1) is 11.7 Å². The number of hydrogen-bond donors (Lipinski definition) is 1. The summed E-state index contributed by atoms with van der Waals surface area (Å²) in [5, 5.41) is 0. The quantitative estimate of drug-likeness (QED) is 0.892. The van der Waals surface area contributed by atoms with Crippen LogP contribution >= 0.6 is 0 Å². The monoisotopic (exact) mass is 249 g/mol. The smallest absolute Gasteiger partial charge is 0.119 e. The van der Waals surface area contributed by atoms with E-state index in [0.717, 1.165) is 24.2 Å². The van der Waals surface area contributed by atoms with Crippen LogP contribution in [0.25, 0.3) is 0 Å². The van der Waals surface area contributed by atoms with Crippen molar-refractivity contribution in [2.24, 2.45) is 5.73 Å². The van der Waals surface area contributed by atoms with Gasteiger partial charge in [-0.1, -0.05) is 12.1 Å². The Labute approximate surface area is 109 Å². The predicted octanol–water partition coefficient (Wildman–Crippen LogP) is 3.04. The third-order valence-electron chi connectivity index (χ3n) is 3.37. The highest BCUT2D eigenvalue weighted by Gasteiger charge is 2.31. The van der Waals surface area contributed by atoms with Crippen LogP contribution in [-0.2, 0) is 4.74 Å². The SMILES string of the molecule is C[C@@H](N)c1cccc(OCC2CCC(C)(C)O2)c1. The fourth-order valence-electron chi connectivity index (χ4n) is 2.27. The zero-order valence-corrected chi connectivity index (χ0v) is 11.5. The van der Waals surface area contributed by atoms with Gasteiger partial charge in [-0.25, -0.2) is 0 Å². The third-order valence-corrected chi connectivity index (χ3v) is 3.37. The van der Waals surface area contributed by atoms with Gasteiger partial charge in [0.1, 0.15) is 12.4 Å². The van der Waals surface area contributed by atoms with Crippen LogP contribution in [0.2, 0.25) is 0 Å². The van der Waals surface area contributed by atoms with Crippen LogP contribution in [-0.4, -0.2) is 18.3 Å². The van der Waals surface area contributed by atoms with Crippen LogP contribution < -0.4 is 10.5 Å². The van der Waals surface area contributed by atoms with Gasteiger partial charge in [0.25, 0.3) is 0 Å². The molecule has 1 aromatic rings. The Morgan fingerprint density at radius 2 is 2.28 bits per heavy atom. The first-order valence-electron chi connectivity index (χ1n) is 6.62. The molecule has 2 rings (SSSR count). The van der Waals surface area contributed by atoms with E-state index in [2.05, 4.69) is 13.8 Å². The molecule has 2 atom stereocenters. The van der Waals surface area contributed by atoms with Crippen LogP contribution in [0.3, 0.4) is 0 Å². The lowest BCUT2D eigenvalue weighted by Gasteiger charge is -2.19. The maximum absolute atomic E-state index is 5.90. The first-order valence-corrected chi connectivity index (χ1v) is 6.62. The Morgan fingerprint density at radius 3 is 2.89 bits per heavy atom. The summed E-state index contributed by atoms with van der Waals surface area (Å²) in [4.78, 5) is 0. The topological polar surface area (TPSA) is 44.5 Å². The van der Waals surface area contributed by atoms with E-state index in [1.165, 1.54) is 0 Å². The van der Waals surface area contributed by atoms with Crippen molar-refractivity contribution in [2.75, 3.05) is 6.61 Å². The molecule has 1 unspecified atom stereocenters. The van der Waals surface area contributed by atoms with E-state index in [4.69, 9.17) is 15.2 Å². The van der Waals surface area contributed by atoms with E-state index in [1.54, 1.807) is 0 Å². The summed E-state index contributed by atoms with van der Waals surface area (Å²) in [7, 11) is 0. The van der Waals surface area contributed by atoms with Gasteiger partial charge in [-0.05, 0) is 51.3 Å².